The fourth-order valence-corrected chi connectivity index (χ4v) is 3.24. The van der Waals surface area contributed by atoms with Crippen molar-refractivity contribution in [2.45, 2.75) is 17.0 Å². The van der Waals surface area contributed by atoms with Crippen LogP contribution in [0.25, 0.3) is 10.2 Å². The number of hydrogen-bond acceptors (Lipinski definition) is 7. The van der Waals surface area contributed by atoms with Gasteiger partial charge in [-0.15, -0.1) is 11.3 Å². The zero-order valence-electron chi connectivity index (χ0n) is 10.2. The highest BCUT2D eigenvalue weighted by molar-refractivity contribution is 7.99. The molecule has 96 valence electrons. The van der Waals surface area contributed by atoms with Crippen molar-refractivity contribution in [1.82, 2.24) is 19.9 Å². The number of anilines is 1. The van der Waals surface area contributed by atoms with Gasteiger partial charge in [-0.25, -0.2) is 19.9 Å². The molecule has 0 unspecified atom stereocenters. The summed E-state index contributed by atoms with van der Waals surface area (Å²) < 4.78 is 0. The van der Waals surface area contributed by atoms with Gasteiger partial charge in [0.1, 0.15) is 21.2 Å². The molecular weight excluding hydrogens is 278 g/mol. The number of nitrogens with zero attached hydrogens (tertiary/aromatic N) is 4. The van der Waals surface area contributed by atoms with Crippen LogP contribution >= 0.6 is 23.1 Å². The zero-order valence-corrected chi connectivity index (χ0v) is 11.8. The van der Waals surface area contributed by atoms with Gasteiger partial charge in [-0.2, -0.15) is 0 Å². The van der Waals surface area contributed by atoms with E-state index in [4.69, 9.17) is 0 Å². The predicted octanol–water partition coefficient (Wildman–Crippen LogP) is 3.06. The van der Waals surface area contributed by atoms with Gasteiger partial charge < -0.3 is 5.32 Å². The average molecular weight is 289 g/mol. The Balaban J connectivity index is 2.03. The van der Waals surface area contributed by atoms with Crippen molar-refractivity contribution in [3.05, 3.63) is 30.0 Å². The van der Waals surface area contributed by atoms with Crippen LogP contribution in [-0.4, -0.2) is 26.5 Å². The van der Waals surface area contributed by atoms with E-state index >= 15 is 0 Å². The summed E-state index contributed by atoms with van der Waals surface area (Å²) in [5.74, 6) is 0.661. The molecule has 0 radical (unpaired) electrons. The Morgan fingerprint density at radius 1 is 1.32 bits per heavy atom. The third-order valence-corrected chi connectivity index (χ3v) is 4.14. The normalized spacial score (nSPS) is 10.8. The zero-order chi connectivity index (χ0) is 13.1. The third kappa shape index (κ3) is 2.66. The maximum atomic E-state index is 4.55. The molecule has 0 aromatic carbocycles. The maximum absolute atomic E-state index is 4.55. The van der Waals surface area contributed by atoms with Gasteiger partial charge in [0, 0.05) is 18.1 Å². The molecule has 0 aliphatic carbocycles. The van der Waals surface area contributed by atoms with Crippen LogP contribution in [0.4, 0.5) is 5.95 Å². The van der Waals surface area contributed by atoms with E-state index in [2.05, 4.69) is 25.3 Å². The van der Waals surface area contributed by atoms with Gasteiger partial charge in [0.05, 0.1) is 0 Å². The monoisotopic (exact) mass is 289 g/mol. The number of nitrogens with one attached hydrogen (secondary N) is 1. The van der Waals surface area contributed by atoms with Crippen LogP contribution in [-0.2, 0) is 0 Å². The molecule has 0 atom stereocenters. The summed E-state index contributed by atoms with van der Waals surface area (Å²) in [6.07, 6.45) is 3.27. The predicted molar refractivity (Wildman–Crippen MR) is 77.7 cm³/mol. The first-order chi connectivity index (χ1) is 9.36. The number of fused-ring (bicyclic) bond motifs is 1. The molecular formula is C12H11N5S2. The molecule has 19 heavy (non-hydrogen) atoms. The summed E-state index contributed by atoms with van der Waals surface area (Å²) in [5.41, 5.74) is 0. The minimum absolute atomic E-state index is 0.661. The first kappa shape index (κ1) is 12.3. The third-order valence-electron chi connectivity index (χ3n) is 2.38. The molecule has 3 heterocycles. The molecule has 3 rings (SSSR count). The molecule has 0 spiro atoms. The van der Waals surface area contributed by atoms with Crippen molar-refractivity contribution >= 4 is 39.3 Å². The molecule has 0 saturated heterocycles. The van der Waals surface area contributed by atoms with Gasteiger partial charge in [0.25, 0.3) is 0 Å². The van der Waals surface area contributed by atoms with E-state index in [-0.39, 0.29) is 0 Å². The van der Waals surface area contributed by atoms with E-state index in [1.54, 1.807) is 23.9 Å². The van der Waals surface area contributed by atoms with Crippen molar-refractivity contribution in [1.29, 1.82) is 0 Å². The van der Waals surface area contributed by atoms with Crippen LogP contribution in [0.2, 0.25) is 0 Å². The van der Waals surface area contributed by atoms with Crippen LogP contribution in [0.15, 0.2) is 40.1 Å². The van der Waals surface area contributed by atoms with E-state index in [0.29, 0.717) is 5.95 Å². The van der Waals surface area contributed by atoms with E-state index < -0.39 is 0 Å². The lowest BCUT2D eigenvalue weighted by molar-refractivity contribution is 1.03. The summed E-state index contributed by atoms with van der Waals surface area (Å²) in [5, 5.41) is 8.04. The topological polar surface area (TPSA) is 63.6 Å². The highest BCUT2D eigenvalue weighted by Gasteiger charge is 2.10. The lowest BCUT2D eigenvalue weighted by Gasteiger charge is -2.05. The molecule has 0 fully saturated rings. The Morgan fingerprint density at radius 3 is 3.05 bits per heavy atom. The summed E-state index contributed by atoms with van der Waals surface area (Å²) in [4.78, 5) is 18.1. The van der Waals surface area contributed by atoms with Crippen molar-refractivity contribution in [3.63, 3.8) is 0 Å². The molecule has 7 heteroatoms. The Kier molecular flexibility index (Phi) is 3.56. The van der Waals surface area contributed by atoms with E-state index in [1.165, 1.54) is 11.8 Å². The van der Waals surface area contributed by atoms with Gasteiger partial charge >= 0.3 is 0 Å². The van der Waals surface area contributed by atoms with Crippen LogP contribution in [0.3, 0.4) is 0 Å². The second-order valence-corrected chi connectivity index (χ2v) is 5.58. The first-order valence-corrected chi connectivity index (χ1v) is 7.49. The van der Waals surface area contributed by atoms with E-state index in [0.717, 1.165) is 26.8 Å². The summed E-state index contributed by atoms with van der Waals surface area (Å²) >= 11 is 3.14. The Morgan fingerprint density at radius 2 is 2.26 bits per heavy atom. The molecule has 3 aromatic heterocycles. The smallest absolute Gasteiger partial charge is 0.225 e. The van der Waals surface area contributed by atoms with Crippen molar-refractivity contribution in [3.8, 4) is 0 Å². The second kappa shape index (κ2) is 5.50. The SMILES string of the molecule is CCNc1nc(Sc2ccncn2)c2ccsc2n1. The Bertz CT molecular complexity index is 683. The summed E-state index contributed by atoms with van der Waals surface area (Å²) in [7, 11) is 0. The molecule has 0 bridgehead atoms. The highest BCUT2D eigenvalue weighted by atomic mass is 32.2. The fraction of sp³-hybridized carbons (Fsp3) is 0.167. The first-order valence-electron chi connectivity index (χ1n) is 5.80. The van der Waals surface area contributed by atoms with Gasteiger partial charge in [-0.1, -0.05) is 0 Å². The second-order valence-electron chi connectivity index (χ2n) is 3.67. The van der Waals surface area contributed by atoms with Crippen LogP contribution in [0, 0.1) is 0 Å². The van der Waals surface area contributed by atoms with Crippen molar-refractivity contribution < 1.29 is 0 Å². The summed E-state index contributed by atoms with van der Waals surface area (Å²) in [6.45, 7) is 2.83. The van der Waals surface area contributed by atoms with E-state index in [9.17, 15) is 0 Å². The molecule has 3 aromatic rings. The minimum Gasteiger partial charge on any atom is -0.354 e. The van der Waals surface area contributed by atoms with Crippen LogP contribution < -0.4 is 5.32 Å². The molecule has 0 saturated carbocycles. The standard InChI is InChI=1S/C12H11N5S2/c1-2-14-12-16-10-8(4-6-18-10)11(17-12)19-9-3-5-13-7-15-9/h3-7H,2H2,1H3,(H,14,16,17). The van der Waals surface area contributed by atoms with Crippen molar-refractivity contribution in [2.24, 2.45) is 0 Å². The fourth-order valence-electron chi connectivity index (χ4n) is 1.58. The number of rotatable bonds is 4. The van der Waals surface area contributed by atoms with Gasteiger partial charge in [-0.05, 0) is 36.2 Å². The molecule has 0 aliphatic heterocycles. The number of hydrogen-bond donors (Lipinski definition) is 1. The largest absolute Gasteiger partial charge is 0.354 e. The Labute approximate surface area is 118 Å². The van der Waals surface area contributed by atoms with Gasteiger partial charge in [0.15, 0.2) is 0 Å². The van der Waals surface area contributed by atoms with Crippen LogP contribution in [0.1, 0.15) is 6.92 Å². The van der Waals surface area contributed by atoms with Gasteiger partial charge in [0.2, 0.25) is 5.95 Å². The highest BCUT2D eigenvalue weighted by Crippen LogP contribution is 2.33. The lowest BCUT2D eigenvalue weighted by Crippen LogP contribution is -2.02. The molecule has 0 aliphatic rings. The van der Waals surface area contributed by atoms with Crippen LogP contribution in [0.5, 0.6) is 0 Å². The number of aromatic nitrogens is 4. The van der Waals surface area contributed by atoms with Gasteiger partial charge in [-0.3, -0.25) is 0 Å². The number of thiophene rings is 1. The average Bonchev–Trinajstić information content (AvgIpc) is 2.89. The molecule has 1 N–H and O–H groups in total. The Hall–Kier alpha value is -1.73. The quantitative estimate of drug-likeness (QED) is 0.745. The molecule has 0 amide bonds. The summed E-state index contributed by atoms with van der Waals surface area (Å²) in [6, 6.07) is 3.91. The minimum atomic E-state index is 0.661. The lowest BCUT2D eigenvalue weighted by atomic mass is 10.4. The van der Waals surface area contributed by atoms with Crippen molar-refractivity contribution in [2.75, 3.05) is 11.9 Å². The van der Waals surface area contributed by atoms with E-state index in [1.807, 2.05) is 24.4 Å². The maximum Gasteiger partial charge on any atom is 0.225 e. The molecule has 5 nitrogen and oxygen atoms in total.